The van der Waals surface area contributed by atoms with Crippen molar-refractivity contribution in [1.82, 2.24) is 0 Å². The third kappa shape index (κ3) is 4.27. The quantitative estimate of drug-likeness (QED) is 0.282. The maximum atomic E-state index is 13.1. The second-order valence-corrected chi connectivity index (χ2v) is 7.86. The first-order chi connectivity index (χ1) is 17.4. The number of imide groups is 1. The van der Waals surface area contributed by atoms with Crippen molar-refractivity contribution in [3.05, 3.63) is 113 Å². The van der Waals surface area contributed by atoms with E-state index in [-0.39, 0.29) is 16.7 Å². The zero-order chi connectivity index (χ0) is 25.2. The number of anilines is 1. The molecule has 7 heteroatoms. The summed E-state index contributed by atoms with van der Waals surface area (Å²) in [4.78, 5) is 38.1. The predicted octanol–water partition coefficient (Wildman–Crippen LogP) is 5.75. The maximum absolute atomic E-state index is 13.1. The van der Waals surface area contributed by atoms with E-state index in [4.69, 9.17) is 21.0 Å². The van der Waals surface area contributed by atoms with Crippen LogP contribution in [0.15, 0.2) is 91.0 Å². The molecule has 4 aromatic carbocycles. The van der Waals surface area contributed by atoms with Crippen LogP contribution in [-0.4, -0.2) is 22.9 Å². The first-order valence-corrected chi connectivity index (χ1v) is 10.8. The number of nitrogens with zero attached hydrogens (tertiary/aromatic N) is 1. The molecule has 1 N–H and O–H groups in total. The van der Waals surface area contributed by atoms with E-state index < -0.39 is 17.8 Å². The molecule has 0 saturated carbocycles. The third-order valence-electron chi connectivity index (χ3n) is 5.51. The molecule has 174 valence electrons. The van der Waals surface area contributed by atoms with Crippen LogP contribution in [0.3, 0.4) is 0 Å². The minimum atomic E-state index is -1.02. The molecule has 2 amide bonds. The van der Waals surface area contributed by atoms with Gasteiger partial charge in [0.25, 0.3) is 11.8 Å². The Bertz CT molecular complexity index is 1570. The third-order valence-corrected chi connectivity index (χ3v) is 5.51. The van der Waals surface area contributed by atoms with E-state index in [1.54, 1.807) is 72.8 Å². The number of ether oxygens (including phenoxy) is 2. The number of carbonyl (C=O) groups excluding carboxylic acids is 2. The van der Waals surface area contributed by atoms with Crippen molar-refractivity contribution in [2.75, 3.05) is 4.90 Å². The highest BCUT2D eigenvalue weighted by atomic mass is 16.5. The van der Waals surface area contributed by atoms with E-state index in [1.165, 1.54) is 18.2 Å². The molecule has 0 bridgehead atoms. The van der Waals surface area contributed by atoms with Crippen LogP contribution in [0.2, 0.25) is 0 Å². The number of aromatic carboxylic acids is 1. The number of terminal acetylenes is 1. The van der Waals surface area contributed by atoms with Crippen molar-refractivity contribution in [1.29, 1.82) is 0 Å². The number of hydrogen-bond donors (Lipinski definition) is 1. The number of benzene rings is 4. The van der Waals surface area contributed by atoms with Crippen LogP contribution in [0.4, 0.5) is 5.69 Å². The molecule has 36 heavy (non-hydrogen) atoms. The number of carbonyl (C=O) groups is 3. The fraction of sp³-hybridized carbons (Fsp3) is 0. The van der Waals surface area contributed by atoms with E-state index in [2.05, 4.69) is 5.92 Å². The topological polar surface area (TPSA) is 93.1 Å². The zero-order valence-corrected chi connectivity index (χ0v) is 18.7. The standard InChI is InChI=1S/C29H17NO6/c1-2-18-5-3-6-20(15-18)30-27(31)25-14-13-24(17-26(25)28(30)32)36-23-8-4-7-22(16-23)35-21-11-9-19(10-12-21)29(33)34/h1,3-17H,(H,33,34). The molecule has 0 unspecified atom stereocenters. The Hall–Kier alpha value is -5.35. The van der Waals surface area contributed by atoms with Gasteiger partial charge in [-0.05, 0) is 72.8 Å². The predicted molar refractivity (Wildman–Crippen MR) is 132 cm³/mol. The monoisotopic (exact) mass is 475 g/mol. The minimum Gasteiger partial charge on any atom is -0.478 e. The minimum absolute atomic E-state index is 0.159. The van der Waals surface area contributed by atoms with Crippen molar-refractivity contribution < 1.29 is 29.0 Å². The molecule has 0 atom stereocenters. The van der Waals surface area contributed by atoms with Gasteiger partial charge in [-0.3, -0.25) is 9.59 Å². The Balaban J connectivity index is 1.35. The van der Waals surface area contributed by atoms with E-state index in [0.717, 1.165) is 4.90 Å². The summed E-state index contributed by atoms with van der Waals surface area (Å²) in [6, 6.07) is 24.2. The summed E-state index contributed by atoms with van der Waals surface area (Å²) in [5, 5.41) is 9.02. The summed E-state index contributed by atoms with van der Waals surface area (Å²) >= 11 is 0. The Morgan fingerprint density at radius 2 is 1.33 bits per heavy atom. The fourth-order valence-corrected chi connectivity index (χ4v) is 3.79. The zero-order valence-electron chi connectivity index (χ0n) is 18.7. The van der Waals surface area contributed by atoms with Gasteiger partial charge in [0.15, 0.2) is 0 Å². The molecule has 7 nitrogen and oxygen atoms in total. The maximum Gasteiger partial charge on any atom is 0.335 e. The summed E-state index contributed by atoms with van der Waals surface area (Å²) in [5.41, 5.74) is 1.63. The van der Waals surface area contributed by atoms with Crippen LogP contribution in [0.25, 0.3) is 0 Å². The second-order valence-electron chi connectivity index (χ2n) is 7.86. The molecule has 5 rings (SSSR count). The van der Waals surface area contributed by atoms with E-state index in [0.29, 0.717) is 34.2 Å². The molecule has 0 spiro atoms. The van der Waals surface area contributed by atoms with Crippen LogP contribution in [-0.2, 0) is 0 Å². The summed E-state index contributed by atoms with van der Waals surface area (Å²) in [6.45, 7) is 0. The van der Waals surface area contributed by atoms with Gasteiger partial charge in [-0.25, -0.2) is 9.69 Å². The van der Waals surface area contributed by atoms with Gasteiger partial charge < -0.3 is 14.6 Å². The van der Waals surface area contributed by atoms with Gasteiger partial charge >= 0.3 is 5.97 Å². The lowest BCUT2D eigenvalue weighted by Crippen LogP contribution is -2.29. The van der Waals surface area contributed by atoms with E-state index >= 15 is 0 Å². The van der Waals surface area contributed by atoms with Gasteiger partial charge in [0.2, 0.25) is 0 Å². The molecule has 0 saturated heterocycles. The Morgan fingerprint density at radius 3 is 2.03 bits per heavy atom. The first-order valence-electron chi connectivity index (χ1n) is 10.8. The average Bonchev–Trinajstić information content (AvgIpc) is 3.13. The van der Waals surface area contributed by atoms with Crippen molar-refractivity contribution in [2.45, 2.75) is 0 Å². The Labute approximate surface area is 206 Å². The normalized spacial score (nSPS) is 12.1. The highest BCUT2D eigenvalue weighted by Gasteiger charge is 2.37. The smallest absolute Gasteiger partial charge is 0.335 e. The van der Waals surface area contributed by atoms with Crippen LogP contribution < -0.4 is 14.4 Å². The molecule has 0 fully saturated rings. The van der Waals surface area contributed by atoms with Gasteiger partial charge in [-0.2, -0.15) is 0 Å². The van der Waals surface area contributed by atoms with Crippen molar-refractivity contribution in [2.24, 2.45) is 0 Å². The highest BCUT2D eigenvalue weighted by molar-refractivity contribution is 6.34. The van der Waals surface area contributed by atoms with Gasteiger partial charge in [-0.1, -0.05) is 18.1 Å². The van der Waals surface area contributed by atoms with Crippen LogP contribution in [0.5, 0.6) is 23.0 Å². The lowest BCUT2D eigenvalue weighted by atomic mass is 10.1. The van der Waals surface area contributed by atoms with E-state index in [9.17, 15) is 14.4 Å². The Kier molecular flexibility index (Phi) is 5.69. The average molecular weight is 475 g/mol. The van der Waals surface area contributed by atoms with Crippen molar-refractivity contribution in [3.8, 4) is 35.3 Å². The molecule has 0 aliphatic carbocycles. The summed E-state index contributed by atoms with van der Waals surface area (Å²) < 4.78 is 11.7. The highest BCUT2D eigenvalue weighted by Crippen LogP contribution is 2.34. The number of amides is 2. The number of rotatable bonds is 6. The van der Waals surface area contributed by atoms with Crippen LogP contribution in [0, 0.1) is 12.3 Å². The SMILES string of the molecule is C#Cc1cccc(N2C(=O)c3ccc(Oc4cccc(Oc5ccc(C(=O)O)cc5)c4)cc3C2=O)c1. The second kappa shape index (κ2) is 9.12. The number of carboxylic acid groups (broad SMARTS) is 1. The molecular formula is C29H17NO6. The fourth-order valence-electron chi connectivity index (χ4n) is 3.79. The van der Waals surface area contributed by atoms with Crippen molar-refractivity contribution >= 4 is 23.5 Å². The molecular weight excluding hydrogens is 458 g/mol. The van der Waals surface area contributed by atoms with Gasteiger partial charge in [0.05, 0.1) is 22.4 Å². The number of carboxylic acids is 1. The molecule has 1 aliphatic rings. The summed E-state index contributed by atoms with van der Waals surface area (Å²) in [5.74, 6) is 2.35. The van der Waals surface area contributed by atoms with Gasteiger partial charge in [0, 0.05) is 11.6 Å². The molecule has 1 heterocycles. The molecule has 4 aromatic rings. The Morgan fingerprint density at radius 1 is 0.722 bits per heavy atom. The molecule has 1 aliphatic heterocycles. The van der Waals surface area contributed by atoms with E-state index in [1.807, 2.05) is 0 Å². The number of fused-ring (bicyclic) bond motifs is 1. The summed E-state index contributed by atoms with van der Waals surface area (Å²) in [6.07, 6.45) is 5.45. The summed E-state index contributed by atoms with van der Waals surface area (Å²) in [7, 11) is 0. The van der Waals surface area contributed by atoms with Gasteiger partial charge in [-0.15, -0.1) is 6.42 Å². The molecule has 0 aromatic heterocycles. The van der Waals surface area contributed by atoms with Crippen molar-refractivity contribution in [3.63, 3.8) is 0 Å². The largest absolute Gasteiger partial charge is 0.478 e. The van der Waals surface area contributed by atoms with Gasteiger partial charge in [0.1, 0.15) is 23.0 Å². The number of hydrogen-bond acceptors (Lipinski definition) is 5. The van der Waals surface area contributed by atoms with Crippen LogP contribution >= 0.6 is 0 Å². The lowest BCUT2D eigenvalue weighted by Gasteiger charge is -2.13. The van der Waals surface area contributed by atoms with Crippen LogP contribution in [0.1, 0.15) is 36.6 Å². The molecule has 0 radical (unpaired) electrons. The lowest BCUT2D eigenvalue weighted by molar-refractivity contribution is 0.0696. The first kappa shape index (κ1) is 22.4.